The van der Waals surface area contributed by atoms with E-state index in [2.05, 4.69) is 14.9 Å². The number of aromatic amines is 1. The standard InChI is InChI=1S/C10H21N5O2S/c1-7(15(3)4)6-12-18(16,17)10-9(5-11)8(2)13-14-10/h7,12H,5-6,11H2,1-4H3,(H,13,14). The van der Waals surface area contributed by atoms with Crippen molar-refractivity contribution in [2.75, 3.05) is 20.6 Å². The highest BCUT2D eigenvalue weighted by Crippen LogP contribution is 2.15. The van der Waals surface area contributed by atoms with Crippen LogP contribution in [0.4, 0.5) is 0 Å². The molecule has 0 saturated heterocycles. The highest BCUT2D eigenvalue weighted by atomic mass is 32.2. The maximum Gasteiger partial charge on any atom is 0.260 e. The number of nitrogens with two attached hydrogens (primary N) is 1. The molecule has 4 N–H and O–H groups in total. The zero-order valence-corrected chi connectivity index (χ0v) is 12.0. The molecule has 0 aliphatic heterocycles. The van der Waals surface area contributed by atoms with Gasteiger partial charge < -0.3 is 10.6 Å². The molecular formula is C10H21N5O2S. The molecule has 0 aliphatic rings. The van der Waals surface area contributed by atoms with Crippen molar-refractivity contribution in [3.8, 4) is 0 Å². The third-order valence-corrected chi connectivity index (χ3v) is 4.34. The summed E-state index contributed by atoms with van der Waals surface area (Å²) in [7, 11) is 0.174. The Kier molecular flexibility index (Phi) is 4.85. The fourth-order valence-electron chi connectivity index (χ4n) is 1.37. The van der Waals surface area contributed by atoms with Gasteiger partial charge in [0.1, 0.15) is 0 Å². The Morgan fingerprint density at radius 1 is 1.50 bits per heavy atom. The molecule has 0 aromatic carbocycles. The Morgan fingerprint density at radius 3 is 2.61 bits per heavy atom. The van der Waals surface area contributed by atoms with Crippen molar-refractivity contribution in [2.24, 2.45) is 5.73 Å². The average molecular weight is 275 g/mol. The topological polar surface area (TPSA) is 104 Å². The third-order valence-electron chi connectivity index (χ3n) is 2.94. The molecule has 1 aromatic heterocycles. The summed E-state index contributed by atoms with van der Waals surface area (Å²) >= 11 is 0. The number of H-pyrrole nitrogens is 1. The lowest BCUT2D eigenvalue weighted by molar-refractivity contribution is 0.313. The Balaban J connectivity index is 2.87. The Labute approximate surface area is 108 Å². The summed E-state index contributed by atoms with van der Waals surface area (Å²) in [5.41, 5.74) is 6.74. The second-order valence-corrected chi connectivity index (χ2v) is 6.18. The lowest BCUT2D eigenvalue weighted by Crippen LogP contribution is -2.38. The molecule has 104 valence electrons. The summed E-state index contributed by atoms with van der Waals surface area (Å²) in [6, 6.07) is 0.0983. The molecule has 1 aromatic rings. The van der Waals surface area contributed by atoms with Crippen LogP contribution in [0.3, 0.4) is 0 Å². The van der Waals surface area contributed by atoms with E-state index in [4.69, 9.17) is 5.73 Å². The minimum atomic E-state index is -3.61. The fourth-order valence-corrected chi connectivity index (χ4v) is 2.70. The van der Waals surface area contributed by atoms with Crippen molar-refractivity contribution in [1.29, 1.82) is 0 Å². The highest BCUT2D eigenvalue weighted by molar-refractivity contribution is 7.89. The molecule has 1 rings (SSSR count). The van der Waals surface area contributed by atoms with E-state index in [-0.39, 0.29) is 17.6 Å². The summed E-state index contributed by atoms with van der Waals surface area (Å²) in [5.74, 6) is 0. The number of hydrogen-bond donors (Lipinski definition) is 3. The van der Waals surface area contributed by atoms with Crippen LogP contribution in [-0.4, -0.2) is 50.2 Å². The lowest BCUT2D eigenvalue weighted by Gasteiger charge is -2.19. The van der Waals surface area contributed by atoms with Crippen LogP contribution in [0.2, 0.25) is 0 Å². The van der Waals surface area contributed by atoms with Crippen molar-refractivity contribution < 1.29 is 8.42 Å². The maximum atomic E-state index is 12.1. The van der Waals surface area contributed by atoms with Gasteiger partial charge in [-0.05, 0) is 27.9 Å². The molecule has 8 heteroatoms. The van der Waals surface area contributed by atoms with E-state index in [1.165, 1.54) is 0 Å². The summed E-state index contributed by atoms with van der Waals surface area (Å²) in [6.45, 7) is 4.14. The van der Waals surface area contributed by atoms with Gasteiger partial charge in [-0.2, -0.15) is 5.10 Å². The second-order valence-electron chi connectivity index (χ2n) is 4.50. The van der Waals surface area contributed by atoms with E-state index in [1.807, 2.05) is 25.9 Å². The van der Waals surface area contributed by atoms with Gasteiger partial charge in [0.2, 0.25) is 0 Å². The maximum absolute atomic E-state index is 12.1. The van der Waals surface area contributed by atoms with E-state index in [9.17, 15) is 8.42 Å². The number of likely N-dealkylation sites (N-methyl/N-ethyl adjacent to an activating group) is 1. The molecule has 7 nitrogen and oxygen atoms in total. The molecular weight excluding hydrogens is 254 g/mol. The molecule has 1 heterocycles. The summed E-state index contributed by atoms with van der Waals surface area (Å²) in [5, 5.41) is 6.45. The lowest BCUT2D eigenvalue weighted by atomic mass is 10.3. The van der Waals surface area contributed by atoms with Gasteiger partial charge in [0, 0.05) is 30.4 Å². The zero-order valence-electron chi connectivity index (χ0n) is 11.2. The number of aromatic nitrogens is 2. The predicted octanol–water partition coefficient (Wildman–Crippen LogP) is -0.595. The van der Waals surface area contributed by atoms with E-state index < -0.39 is 10.0 Å². The normalized spacial score (nSPS) is 14.1. The minimum Gasteiger partial charge on any atom is -0.326 e. The second kappa shape index (κ2) is 5.79. The third kappa shape index (κ3) is 3.29. The molecule has 18 heavy (non-hydrogen) atoms. The van der Waals surface area contributed by atoms with E-state index >= 15 is 0 Å². The summed E-state index contributed by atoms with van der Waals surface area (Å²) in [6.07, 6.45) is 0. The van der Waals surface area contributed by atoms with Crippen LogP contribution in [0, 0.1) is 6.92 Å². The number of hydrogen-bond acceptors (Lipinski definition) is 5. The quantitative estimate of drug-likeness (QED) is 0.643. The molecule has 0 amide bonds. The Hall–Kier alpha value is -0.960. The number of nitrogens with zero attached hydrogens (tertiary/aromatic N) is 2. The summed E-state index contributed by atoms with van der Waals surface area (Å²) in [4.78, 5) is 1.93. The monoisotopic (exact) mass is 275 g/mol. The summed E-state index contributed by atoms with van der Waals surface area (Å²) < 4.78 is 26.7. The molecule has 0 bridgehead atoms. The van der Waals surface area contributed by atoms with Crippen molar-refractivity contribution in [3.05, 3.63) is 11.3 Å². The van der Waals surface area contributed by atoms with E-state index in [1.54, 1.807) is 6.92 Å². The molecule has 0 radical (unpaired) electrons. The average Bonchev–Trinajstić information content (AvgIpc) is 2.67. The zero-order chi connectivity index (χ0) is 13.9. The number of nitrogens with one attached hydrogen (secondary N) is 2. The number of rotatable bonds is 6. The van der Waals surface area contributed by atoms with Crippen molar-refractivity contribution in [3.63, 3.8) is 0 Å². The Morgan fingerprint density at radius 2 is 2.11 bits per heavy atom. The molecule has 0 fully saturated rings. The van der Waals surface area contributed by atoms with E-state index in [0.29, 0.717) is 17.8 Å². The highest BCUT2D eigenvalue weighted by Gasteiger charge is 2.23. The van der Waals surface area contributed by atoms with Gasteiger partial charge in [-0.15, -0.1) is 0 Å². The van der Waals surface area contributed by atoms with Crippen LogP contribution in [-0.2, 0) is 16.6 Å². The first-order valence-corrected chi connectivity index (χ1v) is 7.18. The van der Waals surface area contributed by atoms with Crippen molar-refractivity contribution in [1.82, 2.24) is 19.8 Å². The largest absolute Gasteiger partial charge is 0.326 e. The van der Waals surface area contributed by atoms with Crippen molar-refractivity contribution in [2.45, 2.75) is 31.5 Å². The first kappa shape index (κ1) is 15.1. The number of sulfonamides is 1. The SMILES string of the molecule is Cc1[nH]nc(S(=O)(=O)NCC(C)N(C)C)c1CN. The van der Waals surface area contributed by atoms with Crippen LogP contribution in [0.5, 0.6) is 0 Å². The van der Waals surface area contributed by atoms with Gasteiger partial charge in [-0.3, -0.25) is 5.10 Å². The van der Waals surface area contributed by atoms with Gasteiger partial charge in [0.05, 0.1) is 0 Å². The molecule has 0 spiro atoms. The van der Waals surface area contributed by atoms with Crippen LogP contribution < -0.4 is 10.5 Å². The fraction of sp³-hybridized carbons (Fsp3) is 0.700. The van der Waals surface area contributed by atoms with Gasteiger partial charge in [-0.25, -0.2) is 13.1 Å². The van der Waals surface area contributed by atoms with Gasteiger partial charge in [0.25, 0.3) is 10.0 Å². The van der Waals surface area contributed by atoms with Crippen LogP contribution >= 0.6 is 0 Å². The van der Waals surface area contributed by atoms with Crippen LogP contribution in [0.25, 0.3) is 0 Å². The molecule has 0 aliphatic carbocycles. The minimum absolute atomic E-state index is 0.00606. The van der Waals surface area contributed by atoms with Crippen molar-refractivity contribution >= 4 is 10.0 Å². The first-order valence-electron chi connectivity index (χ1n) is 5.69. The van der Waals surface area contributed by atoms with E-state index in [0.717, 1.165) is 0 Å². The molecule has 1 atom stereocenters. The molecule has 0 saturated carbocycles. The van der Waals surface area contributed by atoms with Gasteiger partial charge in [0.15, 0.2) is 5.03 Å². The van der Waals surface area contributed by atoms with Crippen LogP contribution in [0.1, 0.15) is 18.2 Å². The predicted molar refractivity (Wildman–Crippen MR) is 69.6 cm³/mol. The first-order chi connectivity index (χ1) is 8.29. The molecule has 1 unspecified atom stereocenters. The Bertz CT molecular complexity index is 494. The van der Waals surface area contributed by atoms with Crippen LogP contribution in [0.15, 0.2) is 5.03 Å². The number of aryl methyl sites for hydroxylation is 1. The van der Waals surface area contributed by atoms with Gasteiger partial charge in [-0.1, -0.05) is 0 Å². The smallest absolute Gasteiger partial charge is 0.260 e. The van der Waals surface area contributed by atoms with Gasteiger partial charge >= 0.3 is 0 Å².